The smallest absolute Gasteiger partial charge is 0.100 e. The minimum absolute atomic E-state index is 0.738. The molecule has 0 unspecified atom stereocenters. The molecule has 1 nitrogen and oxygen atoms in total. The SMILES string of the molecule is C=Cc1cc(C)cc(C#N)c1SC. The number of benzene rings is 1. The van der Waals surface area contributed by atoms with Gasteiger partial charge < -0.3 is 0 Å². The van der Waals surface area contributed by atoms with Crippen molar-refractivity contribution in [3.8, 4) is 6.07 Å². The Hall–Kier alpha value is -1.20. The van der Waals surface area contributed by atoms with Crippen molar-refractivity contribution in [3.63, 3.8) is 0 Å². The third kappa shape index (κ3) is 1.93. The molecule has 0 aliphatic carbocycles. The highest BCUT2D eigenvalue weighted by atomic mass is 32.2. The highest BCUT2D eigenvalue weighted by Crippen LogP contribution is 2.26. The fourth-order valence-corrected chi connectivity index (χ4v) is 1.97. The Bertz CT molecular complexity index is 374. The van der Waals surface area contributed by atoms with Crippen molar-refractivity contribution in [2.45, 2.75) is 11.8 Å². The van der Waals surface area contributed by atoms with Crippen LogP contribution in [0.3, 0.4) is 0 Å². The van der Waals surface area contributed by atoms with Gasteiger partial charge in [-0.1, -0.05) is 18.7 Å². The second kappa shape index (κ2) is 4.15. The van der Waals surface area contributed by atoms with Gasteiger partial charge in [0.15, 0.2) is 0 Å². The van der Waals surface area contributed by atoms with E-state index < -0.39 is 0 Å². The number of aryl methyl sites for hydroxylation is 1. The van der Waals surface area contributed by atoms with Crippen LogP contribution in [-0.2, 0) is 0 Å². The third-order valence-electron chi connectivity index (χ3n) is 1.81. The quantitative estimate of drug-likeness (QED) is 0.667. The molecule has 13 heavy (non-hydrogen) atoms. The predicted molar refractivity (Wildman–Crippen MR) is 57.8 cm³/mol. The molecule has 0 aliphatic heterocycles. The molecule has 0 heterocycles. The Balaban J connectivity index is 3.44. The number of hydrogen-bond acceptors (Lipinski definition) is 2. The molecule has 1 aromatic carbocycles. The average molecular weight is 189 g/mol. The third-order valence-corrected chi connectivity index (χ3v) is 2.67. The van der Waals surface area contributed by atoms with Crippen molar-refractivity contribution in [2.75, 3.05) is 6.26 Å². The topological polar surface area (TPSA) is 23.8 Å². The zero-order chi connectivity index (χ0) is 9.84. The molecule has 0 fully saturated rings. The molecule has 1 aromatic rings. The molecule has 0 N–H and O–H groups in total. The molecular formula is C11H11NS. The maximum Gasteiger partial charge on any atom is 0.100 e. The first kappa shape index (κ1) is 9.88. The molecular weight excluding hydrogens is 178 g/mol. The standard InChI is InChI=1S/C11H11NS/c1-4-9-5-8(2)6-10(7-12)11(9)13-3/h4-6H,1H2,2-3H3. The Morgan fingerprint density at radius 1 is 1.54 bits per heavy atom. The Labute approximate surface area is 83.1 Å². The molecule has 1 rings (SSSR count). The van der Waals surface area contributed by atoms with E-state index in [0.29, 0.717) is 0 Å². The lowest BCUT2D eigenvalue weighted by molar-refractivity contribution is 1.30. The lowest BCUT2D eigenvalue weighted by Crippen LogP contribution is -1.87. The summed E-state index contributed by atoms with van der Waals surface area (Å²) in [7, 11) is 0. The van der Waals surface area contributed by atoms with Crippen LogP contribution in [0.15, 0.2) is 23.6 Å². The molecule has 0 atom stereocenters. The fourth-order valence-electron chi connectivity index (χ4n) is 1.26. The first-order valence-corrected chi connectivity index (χ1v) is 5.16. The van der Waals surface area contributed by atoms with Crippen molar-refractivity contribution in [2.24, 2.45) is 0 Å². The minimum Gasteiger partial charge on any atom is -0.192 e. The Morgan fingerprint density at radius 2 is 2.23 bits per heavy atom. The summed E-state index contributed by atoms with van der Waals surface area (Å²) < 4.78 is 0. The van der Waals surface area contributed by atoms with E-state index in [1.54, 1.807) is 17.8 Å². The zero-order valence-corrected chi connectivity index (χ0v) is 8.61. The minimum atomic E-state index is 0.738. The molecule has 0 radical (unpaired) electrons. The summed E-state index contributed by atoms with van der Waals surface area (Å²) in [5, 5.41) is 8.90. The lowest BCUT2D eigenvalue weighted by Gasteiger charge is -2.06. The summed E-state index contributed by atoms with van der Waals surface area (Å²) in [5.41, 5.74) is 2.88. The number of thioether (sulfide) groups is 1. The molecule has 0 saturated heterocycles. The molecule has 0 bridgehead atoms. The van der Waals surface area contributed by atoms with Crippen LogP contribution >= 0.6 is 11.8 Å². The van der Waals surface area contributed by atoms with Gasteiger partial charge in [-0.05, 0) is 30.4 Å². The fraction of sp³-hybridized carbons (Fsp3) is 0.182. The van der Waals surface area contributed by atoms with Gasteiger partial charge in [0.25, 0.3) is 0 Å². The second-order valence-corrected chi connectivity index (χ2v) is 3.57. The van der Waals surface area contributed by atoms with Crippen LogP contribution in [0, 0.1) is 18.3 Å². The van der Waals surface area contributed by atoms with Gasteiger partial charge in [0, 0.05) is 4.90 Å². The number of hydrogen-bond donors (Lipinski definition) is 0. The van der Waals surface area contributed by atoms with E-state index in [4.69, 9.17) is 5.26 Å². The second-order valence-electron chi connectivity index (χ2n) is 2.75. The highest BCUT2D eigenvalue weighted by Gasteiger charge is 2.05. The molecule has 0 aliphatic rings. The van der Waals surface area contributed by atoms with Crippen LogP contribution in [0.5, 0.6) is 0 Å². The molecule has 0 amide bonds. The van der Waals surface area contributed by atoms with E-state index in [1.807, 2.05) is 25.3 Å². The summed E-state index contributed by atoms with van der Waals surface area (Å²) in [6, 6.07) is 6.14. The van der Waals surface area contributed by atoms with E-state index >= 15 is 0 Å². The highest BCUT2D eigenvalue weighted by molar-refractivity contribution is 7.98. The van der Waals surface area contributed by atoms with Gasteiger partial charge in [-0.3, -0.25) is 0 Å². The summed E-state index contributed by atoms with van der Waals surface area (Å²) in [6.07, 6.45) is 3.76. The summed E-state index contributed by atoms with van der Waals surface area (Å²) in [5.74, 6) is 0. The largest absolute Gasteiger partial charge is 0.192 e. The predicted octanol–water partition coefficient (Wildman–Crippen LogP) is 3.23. The first-order valence-electron chi connectivity index (χ1n) is 3.94. The summed E-state index contributed by atoms with van der Waals surface area (Å²) in [6.45, 7) is 5.72. The van der Waals surface area contributed by atoms with Gasteiger partial charge in [0.2, 0.25) is 0 Å². The average Bonchev–Trinajstić information content (AvgIpc) is 2.16. The van der Waals surface area contributed by atoms with Gasteiger partial charge in [0.1, 0.15) is 6.07 Å². The van der Waals surface area contributed by atoms with Crippen LogP contribution in [-0.4, -0.2) is 6.26 Å². The van der Waals surface area contributed by atoms with Gasteiger partial charge in [-0.25, -0.2) is 0 Å². The van der Waals surface area contributed by atoms with Gasteiger partial charge in [0.05, 0.1) is 5.56 Å². The van der Waals surface area contributed by atoms with Gasteiger partial charge in [-0.2, -0.15) is 5.26 Å². The molecule has 0 spiro atoms. The normalized spacial score (nSPS) is 9.31. The number of rotatable bonds is 2. The molecule has 0 saturated carbocycles. The maximum atomic E-state index is 8.90. The maximum absolute atomic E-state index is 8.90. The molecule has 66 valence electrons. The summed E-state index contributed by atoms with van der Waals surface area (Å²) >= 11 is 1.59. The van der Waals surface area contributed by atoms with Gasteiger partial charge >= 0.3 is 0 Å². The Morgan fingerprint density at radius 3 is 2.69 bits per heavy atom. The summed E-state index contributed by atoms with van der Waals surface area (Å²) in [4.78, 5) is 1.02. The Kier molecular flexibility index (Phi) is 3.16. The molecule has 0 aromatic heterocycles. The van der Waals surface area contributed by atoms with Crippen LogP contribution in [0.25, 0.3) is 6.08 Å². The molecule has 2 heteroatoms. The van der Waals surface area contributed by atoms with Crippen LogP contribution in [0.1, 0.15) is 16.7 Å². The van der Waals surface area contributed by atoms with E-state index in [9.17, 15) is 0 Å². The number of nitrogens with zero attached hydrogens (tertiary/aromatic N) is 1. The van der Waals surface area contributed by atoms with Crippen molar-refractivity contribution in [1.82, 2.24) is 0 Å². The van der Waals surface area contributed by atoms with Crippen molar-refractivity contribution < 1.29 is 0 Å². The van der Waals surface area contributed by atoms with Crippen molar-refractivity contribution >= 4 is 17.8 Å². The zero-order valence-electron chi connectivity index (χ0n) is 7.79. The van der Waals surface area contributed by atoms with Crippen LogP contribution in [0.2, 0.25) is 0 Å². The van der Waals surface area contributed by atoms with E-state index in [0.717, 1.165) is 21.6 Å². The number of nitriles is 1. The first-order chi connectivity index (χ1) is 6.22. The van der Waals surface area contributed by atoms with Gasteiger partial charge in [-0.15, -0.1) is 11.8 Å². The van der Waals surface area contributed by atoms with Crippen LogP contribution < -0.4 is 0 Å². The van der Waals surface area contributed by atoms with Crippen molar-refractivity contribution in [3.05, 3.63) is 35.4 Å². The van der Waals surface area contributed by atoms with Crippen molar-refractivity contribution in [1.29, 1.82) is 5.26 Å². The van der Waals surface area contributed by atoms with E-state index in [2.05, 4.69) is 12.6 Å². The van der Waals surface area contributed by atoms with E-state index in [1.165, 1.54) is 0 Å². The monoisotopic (exact) mass is 189 g/mol. The van der Waals surface area contributed by atoms with E-state index in [-0.39, 0.29) is 0 Å². The lowest BCUT2D eigenvalue weighted by atomic mass is 10.1. The van der Waals surface area contributed by atoms with Crippen LogP contribution in [0.4, 0.5) is 0 Å².